The molecule has 3 nitrogen and oxygen atoms in total. The zero-order chi connectivity index (χ0) is 17.1. The summed E-state index contributed by atoms with van der Waals surface area (Å²) >= 11 is 0. The van der Waals surface area contributed by atoms with E-state index in [0.29, 0.717) is 12.6 Å². The van der Waals surface area contributed by atoms with Crippen LogP contribution in [0.25, 0.3) is 10.8 Å². The number of rotatable bonds is 6. The zero-order valence-corrected chi connectivity index (χ0v) is 14.1. The van der Waals surface area contributed by atoms with Crippen molar-refractivity contribution in [2.24, 2.45) is 0 Å². The van der Waals surface area contributed by atoms with Crippen LogP contribution in [0.15, 0.2) is 72.8 Å². The minimum Gasteiger partial charge on any atom is -0.484 e. The number of benzene rings is 3. The summed E-state index contributed by atoms with van der Waals surface area (Å²) in [4.78, 5) is 14.6. The third-order valence-electron chi connectivity index (χ3n) is 4.59. The second-order valence-corrected chi connectivity index (χ2v) is 6.54. The van der Waals surface area contributed by atoms with Gasteiger partial charge in [-0.15, -0.1) is 0 Å². The van der Waals surface area contributed by atoms with Crippen molar-refractivity contribution in [3.63, 3.8) is 0 Å². The lowest BCUT2D eigenvalue weighted by Gasteiger charge is -2.22. The average molecular weight is 331 g/mol. The lowest BCUT2D eigenvalue weighted by atomic mass is 10.1. The Kier molecular flexibility index (Phi) is 4.38. The Morgan fingerprint density at radius 3 is 2.40 bits per heavy atom. The van der Waals surface area contributed by atoms with Gasteiger partial charge in [-0.25, -0.2) is 0 Å². The molecule has 4 rings (SSSR count). The van der Waals surface area contributed by atoms with E-state index in [-0.39, 0.29) is 12.5 Å². The van der Waals surface area contributed by atoms with Gasteiger partial charge < -0.3 is 9.64 Å². The molecule has 3 heteroatoms. The quantitative estimate of drug-likeness (QED) is 0.669. The van der Waals surface area contributed by atoms with E-state index in [9.17, 15) is 4.79 Å². The van der Waals surface area contributed by atoms with Crippen LogP contribution in [-0.4, -0.2) is 23.5 Å². The molecule has 0 heterocycles. The Balaban J connectivity index is 1.42. The molecule has 0 saturated heterocycles. The molecule has 0 unspecified atom stereocenters. The molecule has 0 aromatic heterocycles. The number of carbonyl (C=O) groups excluding carboxylic acids is 1. The number of amides is 1. The van der Waals surface area contributed by atoms with Crippen LogP contribution in [0.3, 0.4) is 0 Å². The second kappa shape index (κ2) is 6.98. The van der Waals surface area contributed by atoms with E-state index in [1.165, 1.54) is 5.39 Å². The van der Waals surface area contributed by atoms with Gasteiger partial charge >= 0.3 is 0 Å². The highest BCUT2D eigenvalue weighted by Gasteiger charge is 2.32. The molecule has 1 saturated carbocycles. The standard InChI is InChI=1S/C22H21NO2/c24-22(23(20-11-12-20)15-17-6-2-1-3-7-17)16-25-21-13-10-18-8-4-5-9-19(18)14-21/h1-10,13-14,20H,11-12,15-16H2. The molecule has 1 aliphatic rings. The molecular weight excluding hydrogens is 310 g/mol. The number of carbonyl (C=O) groups is 1. The van der Waals surface area contributed by atoms with Crippen LogP contribution in [0.5, 0.6) is 5.75 Å². The first-order valence-corrected chi connectivity index (χ1v) is 8.74. The van der Waals surface area contributed by atoms with Gasteiger partial charge in [0.25, 0.3) is 5.91 Å². The van der Waals surface area contributed by atoms with Crippen LogP contribution in [-0.2, 0) is 11.3 Å². The zero-order valence-electron chi connectivity index (χ0n) is 14.1. The van der Waals surface area contributed by atoms with Gasteiger partial charge in [0.15, 0.2) is 6.61 Å². The van der Waals surface area contributed by atoms with Crippen LogP contribution in [0, 0.1) is 0 Å². The summed E-state index contributed by atoms with van der Waals surface area (Å²) in [6, 6.07) is 24.6. The molecule has 1 fully saturated rings. The molecule has 0 atom stereocenters. The van der Waals surface area contributed by atoms with Gasteiger partial charge in [0, 0.05) is 12.6 Å². The van der Waals surface area contributed by atoms with Crippen molar-refractivity contribution in [1.29, 1.82) is 0 Å². The minimum atomic E-state index is 0.0551. The van der Waals surface area contributed by atoms with Gasteiger partial charge in [-0.1, -0.05) is 60.7 Å². The smallest absolute Gasteiger partial charge is 0.261 e. The summed E-state index contributed by atoms with van der Waals surface area (Å²) in [7, 11) is 0. The third kappa shape index (κ3) is 3.82. The molecule has 0 radical (unpaired) electrons. The normalized spacial score (nSPS) is 13.6. The van der Waals surface area contributed by atoms with Crippen molar-refractivity contribution in [1.82, 2.24) is 4.90 Å². The van der Waals surface area contributed by atoms with Crippen LogP contribution in [0.2, 0.25) is 0 Å². The second-order valence-electron chi connectivity index (χ2n) is 6.54. The fourth-order valence-electron chi connectivity index (χ4n) is 3.07. The Labute approximate surface area is 147 Å². The Morgan fingerprint density at radius 1 is 0.920 bits per heavy atom. The Morgan fingerprint density at radius 2 is 1.64 bits per heavy atom. The van der Waals surface area contributed by atoms with Crippen LogP contribution >= 0.6 is 0 Å². The molecule has 0 N–H and O–H groups in total. The molecule has 3 aromatic rings. The monoisotopic (exact) mass is 331 g/mol. The molecule has 0 bridgehead atoms. The van der Waals surface area contributed by atoms with E-state index in [4.69, 9.17) is 4.74 Å². The van der Waals surface area contributed by atoms with E-state index < -0.39 is 0 Å². The first kappa shape index (κ1) is 15.7. The fraction of sp³-hybridized carbons (Fsp3) is 0.227. The van der Waals surface area contributed by atoms with E-state index in [1.807, 2.05) is 53.4 Å². The highest BCUT2D eigenvalue weighted by Crippen LogP contribution is 2.29. The molecule has 126 valence electrons. The average Bonchev–Trinajstić information content (AvgIpc) is 3.50. The minimum absolute atomic E-state index is 0.0551. The Bertz CT molecular complexity index is 871. The summed E-state index contributed by atoms with van der Waals surface area (Å²) in [5, 5.41) is 2.29. The van der Waals surface area contributed by atoms with Crippen molar-refractivity contribution in [3.05, 3.63) is 78.4 Å². The number of hydrogen-bond donors (Lipinski definition) is 0. The van der Waals surface area contributed by atoms with E-state index in [2.05, 4.69) is 24.3 Å². The molecule has 0 spiro atoms. The van der Waals surface area contributed by atoms with E-state index in [0.717, 1.165) is 29.5 Å². The maximum Gasteiger partial charge on any atom is 0.261 e. The maximum absolute atomic E-state index is 12.7. The van der Waals surface area contributed by atoms with Gasteiger partial charge in [-0.2, -0.15) is 0 Å². The van der Waals surface area contributed by atoms with Crippen molar-refractivity contribution >= 4 is 16.7 Å². The van der Waals surface area contributed by atoms with Crippen molar-refractivity contribution in [3.8, 4) is 5.75 Å². The van der Waals surface area contributed by atoms with Crippen molar-refractivity contribution in [2.45, 2.75) is 25.4 Å². The summed E-state index contributed by atoms with van der Waals surface area (Å²) in [6.07, 6.45) is 2.18. The summed E-state index contributed by atoms with van der Waals surface area (Å²) < 4.78 is 5.78. The topological polar surface area (TPSA) is 29.5 Å². The van der Waals surface area contributed by atoms with Gasteiger partial charge in [0.1, 0.15) is 5.75 Å². The molecule has 25 heavy (non-hydrogen) atoms. The first-order chi connectivity index (χ1) is 12.3. The van der Waals surface area contributed by atoms with Crippen molar-refractivity contribution in [2.75, 3.05) is 6.61 Å². The lowest BCUT2D eigenvalue weighted by Crippen LogP contribution is -2.36. The highest BCUT2D eigenvalue weighted by molar-refractivity contribution is 5.84. The SMILES string of the molecule is O=C(COc1ccc2ccccc2c1)N(Cc1ccccc1)C1CC1. The largest absolute Gasteiger partial charge is 0.484 e. The van der Waals surface area contributed by atoms with Crippen molar-refractivity contribution < 1.29 is 9.53 Å². The van der Waals surface area contributed by atoms with Crippen LogP contribution in [0.1, 0.15) is 18.4 Å². The molecule has 1 amide bonds. The third-order valence-corrected chi connectivity index (χ3v) is 4.59. The molecule has 3 aromatic carbocycles. The van der Waals surface area contributed by atoms with Gasteiger partial charge in [-0.3, -0.25) is 4.79 Å². The first-order valence-electron chi connectivity index (χ1n) is 8.74. The fourth-order valence-corrected chi connectivity index (χ4v) is 3.07. The molecule has 0 aliphatic heterocycles. The number of nitrogens with zero attached hydrogens (tertiary/aromatic N) is 1. The summed E-state index contributed by atoms with van der Waals surface area (Å²) in [5.41, 5.74) is 1.16. The lowest BCUT2D eigenvalue weighted by molar-refractivity contribution is -0.134. The van der Waals surface area contributed by atoms with Crippen LogP contribution in [0.4, 0.5) is 0 Å². The maximum atomic E-state index is 12.7. The van der Waals surface area contributed by atoms with Gasteiger partial charge in [0.2, 0.25) is 0 Å². The summed E-state index contributed by atoms with van der Waals surface area (Å²) in [6.45, 7) is 0.743. The summed E-state index contributed by atoms with van der Waals surface area (Å²) in [5.74, 6) is 0.794. The van der Waals surface area contributed by atoms with Gasteiger partial charge in [0.05, 0.1) is 0 Å². The Hall–Kier alpha value is -2.81. The predicted octanol–water partition coefficient (Wildman–Crippen LogP) is 4.41. The number of fused-ring (bicyclic) bond motifs is 1. The highest BCUT2D eigenvalue weighted by atomic mass is 16.5. The molecule has 1 aliphatic carbocycles. The number of hydrogen-bond acceptors (Lipinski definition) is 2. The molecular formula is C22H21NO2. The van der Waals surface area contributed by atoms with Gasteiger partial charge in [-0.05, 0) is 41.3 Å². The van der Waals surface area contributed by atoms with E-state index in [1.54, 1.807) is 0 Å². The van der Waals surface area contributed by atoms with Crippen LogP contribution < -0.4 is 4.74 Å². The van der Waals surface area contributed by atoms with E-state index >= 15 is 0 Å². The number of ether oxygens (including phenoxy) is 1. The predicted molar refractivity (Wildman–Crippen MR) is 99.5 cm³/mol.